The van der Waals surface area contributed by atoms with E-state index in [1.165, 1.54) is 11.8 Å². The van der Waals surface area contributed by atoms with Crippen LogP contribution < -0.4 is 18.9 Å². The fraction of sp³-hybridized carbons (Fsp3) is 0.360. The van der Waals surface area contributed by atoms with Crippen LogP contribution in [0.4, 0.5) is 0 Å². The lowest BCUT2D eigenvalue weighted by Crippen LogP contribution is -2.56. The minimum Gasteiger partial charge on any atom is -0.426 e. The van der Waals surface area contributed by atoms with Crippen molar-refractivity contribution >= 4 is 47.4 Å². The van der Waals surface area contributed by atoms with Gasteiger partial charge in [-0.05, 0) is 48.9 Å². The van der Waals surface area contributed by atoms with Gasteiger partial charge in [0.2, 0.25) is 0 Å². The van der Waals surface area contributed by atoms with E-state index in [-0.39, 0.29) is 24.1 Å². The van der Waals surface area contributed by atoms with Crippen molar-refractivity contribution in [2.75, 3.05) is 24.0 Å². The number of carbonyl (C=O) groups excluding carboxylic acids is 4. The highest BCUT2D eigenvalue weighted by molar-refractivity contribution is 7.99. The van der Waals surface area contributed by atoms with Crippen molar-refractivity contribution in [3.05, 3.63) is 47.5 Å². The van der Waals surface area contributed by atoms with Gasteiger partial charge in [0.25, 0.3) is 0 Å². The summed E-state index contributed by atoms with van der Waals surface area (Å²) in [6, 6.07) is 9.61. The summed E-state index contributed by atoms with van der Waals surface area (Å²) in [7, 11) is 0. The van der Waals surface area contributed by atoms with Crippen molar-refractivity contribution < 1.29 is 38.1 Å². The molecule has 1 fully saturated rings. The lowest BCUT2D eigenvalue weighted by Gasteiger charge is -2.53. The van der Waals surface area contributed by atoms with E-state index in [0.29, 0.717) is 39.9 Å². The fourth-order valence-corrected chi connectivity index (χ4v) is 5.66. The van der Waals surface area contributed by atoms with E-state index in [0.717, 1.165) is 0 Å². The van der Waals surface area contributed by atoms with Gasteiger partial charge in [0, 0.05) is 28.7 Å². The lowest BCUT2D eigenvalue weighted by molar-refractivity contribution is -0.161. The molecule has 182 valence electrons. The third-order valence-electron chi connectivity index (χ3n) is 6.43. The molecule has 2 heterocycles. The van der Waals surface area contributed by atoms with Crippen LogP contribution in [0.1, 0.15) is 29.4 Å². The monoisotopic (exact) mass is 514 g/mol. The van der Waals surface area contributed by atoms with Gasteiger partial charge in [0.15, 0.2) is 0 Å². The molecule has 3 aliphatic rings. The predicted octanol–water partition coefficient (Wildman–Crippen LogP) is 3.56. The Bertz CT molecular complexity index is 1220. The number of thioether (sulfide) groups is 2. The van der Waals surface area contributed by atoms with Crippen molar-refractivity contribution in [2.24, 2.45) is 11.8 Å². The maximum atomic E-state index is 13.0. The quantitative estimate of drug-likeness (QED) is 0.402. The molecule has 0 spiro atoms. The summed E-state index contributed by atoms with van der Waals surface area (Å²) in [5.74, 6) is -1.57. The zero-order valence-electron chi connectivity index (χ0n) is 19.0. The number of fused-ring (bicyclic) bond motifs is 8. The number of benzene rings is 2. The number of carbonyl (C=O) groups is 4. The molecule has 0 aromatic heterocycles. The molecule has 0 bridgehead atoms. The summed E-state index contributed by atoms with van der Waals surface area (Å²) in [5, 5.41) is 0. The highest BCUT2D eigenvalue weighted by Crippen LogP contribution is 2.64. The van der Waals surface area contributed by atoms with Crippen LogP contribution in [0, 0.1) is 11.8 Å². The van der Waals surface area contributed by atoms with Crippen LogP contribution in [0.25, 0.3) is 0 Å². The van der Waals surface area contributed by atoms with Crippen LogP contribution in [0.5, 0.6) is 23.0 Å². The van der Waals surface area contributed by atoms with Crippen LogP contribution in [-0.4, -0.2) is 47.9 Å². The van der Waals surface area contributed by atoms with Crippen LogP contribution in [0.2, 0.25) is 0 Å². The smallest absolute Gasteiger partial charge is 0.321 e. The number of esters is 4. The van der Waals surface area contributed by atoms with Crippen molar-refractivity contribution in [3.63, 3.8) is 0 Å². The van der Waals surface area contributed by atoms with Gasteiger partial charge in [-0.2, -0.15) is 23.5 Å². The summed E-state index contributed by atoms with van der Waals surface area (Å²) in [5.41, 5.74) is 1.26. The largest absolute Gasteiger partial charge is 0.426 e. The van der Waals surface area contributed by atoms with Crippen molar-refractivity contribution in [1.82, 2.24) is 0 Å². The van der Waals surface area contributed by atoms with E-state index in [2.05, 4.69) is 0 Å². The van der Waals surface area contributed by atoms with E-state index in [4.69, 9.17) is 18.9 Å². The Balaban J connectivity index is 1.45. The zero-order valence-corrected chi connectivity index (χ0v) is 20.6. The highest BCUT2D eigenvalue weighted by atomic mass is 32.2. The molecule has 2 aromatic rings. The Hall–Kier alpha value is -2.98. The number of hydrogen-bond donors (Lipinski definition) is 0. The van der Waals surface area contributed by atoms with Crippen molar-refractivity contribution in [3.8, 4) is 23.0 Å². The Labute approximate surface area is 210 Å². The third-order valence-corrected chi connectivity index (χ3v) is 7.57. The van der Waals surface area contributed by atoms with Crippen molar-refractivity contribution in [1.29, 1.82) is 0 Å². The summed E-state index contributed by atoms with van der Waals surface area (Å²) in [6.45, 7) is 0. The highest BCUT2D eigenvalue weighted by Gasteiger charge is 2.64. The van der Waals surface area contributed by atoms with Crippen molar-refractivity contribution in [2.45, 2.75) is 18.3 Å². The van der Waals surface area contributed by atoms with E-state index < -0.39 is 35.6 Å². The topological polar surface area (TPSA) is 105 Å². The van der Waals surface area contributed by atoms with Crippen LogP contribution in [0.3, 0.4) is 0 Å². The maximum absolute atomic E-state index is 13.0. The van der Waals surface area contributed by atoms with Gasteiger partial charge < -0.3 is 18.9 Å². The molecule has 0 N–H and O–H groups in total. The first-order valence-electron chi connectivity index (χ1n) is 11.0. The maximum Gasteiger partial charge on any atom is 0.321 e. The number of ether oxygens (including phenoxy) is 4. The van der Waals surface area contributed by atoms with Gasteiger partial charge in [-0.15, -0.1) is 0 Å². The first kappa shape index (κ1) is 23.7. The molecule has 1 aliphatic carbocycles. The SMILES string of the molecule is CSCCC(=O)Oc1ccc2c(c1)C1C(C(=O)O2)C2c3cc(OC(=O)CSC)ccc3OC(=O)C12. The van der Waals surface area contributed by atoms with Gasteiger partial charge in [-0.25, -0.2) is 0 Å². The average molecular weight is 515 g/mol. The van der Waals surface area contributed by atoms with Gasteiger partial charge in [0.1, 0.15) is 23.0 Å². The predicted molar refractivity (Wildman–Crippen MR) is 129 cm³/mol. The molecule has 4 unspecified atom stereocenters. The summed E-state index contributed by atoms with van der Waals surface area (Å²) in [4.78, 5) is 50.0. The first-order chi connectivity index (χ1) is 16.9. The minimum atomic E-state index is -0.612. The van der Waals surface area contributed by atoms with Crippen LogP contribution >= 0.6 is 23.5 Å². The van der Waals surface area contributed by atoms with Gasteiger partial charge in [-0.3, -0.25) is 19.2 Å². The third kappa shape index (κ3) is 4.29. The van der Waals surface area contributed by atoms with E-state index in [1.54, 1.807) is 54.4 Å². The van der Waals surface area contributed by atoms with E-state index in [9.17, 15) is 19.2 Å². The normalized spacial score (nSPS) is 23.4. The summed E-state index contributed by atoms with van der Waals surface area (Å²) < 4.78 is 22.0. The van der Waals surface area contributed by atoms with Gasteiger partial charge in [0.05, 0.1) is 24.0 Å². The molecule has 0 radical (unpaired) electrons. The van der Waals surface area contributed by atoms with Crippen LogP contribution in [0.15, 0.2) is 36.4 Å². The molecular weight excluding hydrogens is 492 g/mol. The first-order valence-corrected chi connectivity index (χ1v) is 13.8. The standard InChI is InChI=1S/C25H22O8S2/c1-34-8-7-18(26)30-12-3-5-16-14(9-12)20-22(24(28)32-16)21-15-10-13(31-19(27)11-35-2)4-6-17(15)33-25(29)23(20)21/h3-6,9-10,20-23H,7-8,11H2,1-2H3. The molecule has 0 saturated heterocycles. The summed E-state index contributed by atoms with van der Waals surface area (Å²) in [6.07, 6.45) is 3.99. The number of rotatable bonds is 7. The molecular formula is C25H22O8S2. The molecule has 35 heavy (non-hydrogen) atoms. The lowest BCUT2D eigenvalue weighted by atomic mass is 9.51. The van der Waals surface area contributed by atoms with E-state index >= 15 is 0 Å². The Morgan fingerprint density at radius 2 is 1.29 bits per heavy atom. The second-order valence-electron chi connectivity index (χ2n) is 8.47. The Kier molecular flexibility index (Phi) is 6.50. The van der Waals surface area contributed by atoms with Gasteiger partial charge in [-0.1, -0.05) is 0 Å². The Morgan fingerprint density at radius 3 is 1.77 bits per heavy atom. The molecule has 8 nitrogen and oxygen atoms in total. The van der Waals surface area contributed by atoms with Crippen LogP contribution in [-0.2, 0) is 19.2 Å². The molecule has 5 rings (SSSR count). The second-order valence-corrected chi connectivity index (χ2v) is 10.3. The Morgan fingerprint density at radius 1 is 0.771 bits per heavy atom. The second kappa shape index (κ2) is 9.58. The van der Waals surface area contributed by atoms with E-state index in [1.807, 2.05) is 6.26 Å². The zero-order chi connectivity index (χ0) is 24.7. The molecule has 4 atom stereocenters. The summed E-state index contributed by atoms with van der Waals surface area (Å²) >= 11 is 2.90. The molecule has 2 aliphatic heterocycles. The minimum absolute atomic E-state index is 0.204. The fourth-order valence-electron chi connectivity index (χ4n) is 4.99. The molecule has 2 aromatic carbocycles. The van der Waals surface area contributed by atoms with Gasteiger partial charge >= 0.3 is 23.9 Å². The number of hydrogen-bond acceptors (Lipinski definition) is 10. The molecule has 1 saturated carbocycles. The molecule has 0 amide bonds. The average Bonchev–Trinajstić information content (AvgIpc) is 2.79. The molecule has 10 heteroatoms.